The maximum absolute atomic E-state index is 12.1. The molecule has 7 nitrogen and oxygen atoms in total. The fourth-order valence-corrected chi connectivity index (χ4v) is 2.98. The Kier molecular flexibility index (Phi) is 4.39. The van der Waals surface area contributed by atoms with Crippen LogP contribution in [0.4, 0.5) is 5.69 Å². The van der Waals surface area contributed by atoms with E-state index in [2.05, 4.69) is 20.2 Å². The highest BCUT2D eigenvalue weighted by atomic mass is 32.2. The Morgan fingerprint density at radius 1 is 1.38 bits per heavy atom. The topological polar surface area (TPSA) is 104 Å². The first-order valence-corrected chi connectivity index (χ1v) is 7.75. The predicted molar refractivity (Wildman–Crippen MR) is 78.1 cm³/mol. The molecule has 0 radical (unpaired) electrons. The molecular weight excluding hydrogens is 292 g/mol. The van der Waals surface area contributed by atoms with Gasteiger partial charge in [-0.05, 0) is 24.6 Å². The van der Waals surface area contributed by atoms with Crippen molar-refractivity contribution in [2.45, 2.75) is 24.8 Å². The molecule has 1 amide bonds. The number of H-pyrrole nitrogens is 1. The number of nitrogens with one attached hydrogen (secondary N) is 3. The first-order valence-electron chi connectivity index (χ1n) is 6.27. The number of aromatic amines is 1. The van der Waals surface area contributed by atoms with E-state index in [1.54, 1.807) is 31.2 Å². The Labute approximate surface area is 122 Å². The Hall–Kier alpha value is -2.19. The van der Waals surface area contributed by atoms with Crippen molar-refractivity contribution in [2.75, 3.05) is 5.32 Å². The van der Waals surface area contributed by atoms with E-state index in [-0.39, 0.29) is 10.8 Å². The standard InChI is InChI=1S/C13H16N4O3S/c1-9(17-21(19,20)13-7-14-15-8-13)11-4-3-5-12(6-11)16-10(2)18/h3-9,17H,1-2H3,(H,14,15)(H,16,18). The zero-order chi connectivity index (χ0) is 15.5. The summed E-state index contributed by atoms with van der Waals surface area (Å²) in [6, 6.07) is 6.56. The van der Waals surface area contributed by atoms with Crippen molar-refractivity contribution in [3.05, 3.63) is 42.2 Å². The number of nitrogens with zero attached hydrogens (tertiary/aromatic N) is 1. The average molecular weight is 308 g/mol. The second kappa shape index (κ2) is 6.06. The molecule has 1 aromatic heterocycles. The van der Waals surface area contributed by atoms with Crippen molar-refractivity contribution in [1.29, 1.82) is 0 Å². The molecule has 0 bridgehead atoms. The van der Waals surface area contributed by atoms with Crippen LogP contribution in [0.5, 0.6) is 0 Å². The summed E-state index contributed by atoms with van der Waals surface area (Å²) in [6.45, 7) is 3.14. The smallest absolute Gasteiger partial charge is 0.244 e. The molecule has 8 heteroatoms. The fraction of sp³-hybridized carbons (Fsp3) is 0.231. The van der Waals surface area contributed by atoms with Crippen LogP contribution in [0.2, 0.25) is 0 Å². The summed E-state index contributed by atoms with van der Waals surface area (Å²) in [4.78, 5) is 11.1. The van der Waals surface area contributed by atoms with E-state index in [0.29, 0.717) is 5.69 Å². The number of carbonyl (C=O) groups is 1. The van der Waals surface area contributed by atoms with Gasteiger partial charge in [-0.1, -0.05) is 12.1 Å². The molecule has 1 unspecified atom stereocenters. The van der Waals surface area contributed by atoms with Gasteiger partial charge >= 0.3 is 0 Å². The van der Waals surface area contributed by atoms with Crippen LogP contribution < -0.4 is 10.0 Å². The van der Waals surface area contributed by atoms with Crippen LogP contribution in [0.15, 0.2) is 41.6 Å². The highest BCUT2D eigenvalue weighted by Gasteiger charge is 2.19. The normalized spacial score (nSPS) is 12.9. The number of hydrogen-bond donors (Lipinski definition) is 3. The van der Waals surface area contributed by atoms with Gasteiger partial charge in [0.05, 0.1) is 6.20 Å². The van der Waals surface area contributed by atoms with E-state index in [4.69, 9.17) is 0 Å². The van der Waals surface area contributed by atoms with Gasteiger partial charge in [0.1, 0.15) is 4.90 Å². The summed E-state index contributed by atoms with van der Waals surface area (Å²) in [7, 11) is -3.63. The van der Waals surface area contributed by atoms with E-state index in [9.17, 15) is 13.2 Å². The number of sulfonamides is 1. The van der Waals surface area contributed by atoms with Gasteiger partial charge in [0, 0.05) is 24.8 Å². The third kappa shape index (κ3) is 3.89. The number of amides is 1. The van der Waals surface area contributed by atoms with Crippen LogP contribution in [-0.4, -0.2) is 24.5 Å². The number of benzene rings is 1. The van der Waals surface area contributed by atoms with E-state index < -0.39 is 16.1 Å². The van der Waals surface area contributed by atoms with Crippen LogP contribution in [0.25, 0.3) is 0 Å². The minimum atomic E-state index is -3.63. The molecule has 0 fully saturated rings. The quantitative estimate of drug-likeness (QED) is 0.776. The Morgan fingerprint density at radius 3 is 2.76 bits per heavy atom. The first kappa shape index (κ1) is 15.2. The number of hydrogen-bond acceptors (Lipinski definition) is 4. The van der Waals surface area contributed by atoms with E-state index in [1.807, 2.05) is 0 Å². The molecule has 0 aliphatic carbocycles. The van der Waals surface area contributed by atoms with E-state index in [0.717, 1.165) is 5.56 Å². The molecule has 1 atom stereocenters. The van der Waals surface area contributed by atoms with Gasteiger partial charge < -0.3 is 5.32 Å². The first-order chi connectivity index (χ1) is 9.88. The summed E-state index contributed by atoms with van der Waals surface area (Å²) in [5.41, 5.74) is 1.36. The maximum atomic E-state index is 12.1. The summed E-state index contributed by atoms with van der Waals surface area (Å²) in [6.07, 6.45) is 2.55. The van der Waals surface area contributed by atoms with Gasteiger partial charge in [-0.25, -0.2) is 13.1 Å². The molecule has 2 aromatic rings. The van der Waals surface area contributed by atoms with Gasteiger partial charge in [-0.3, -0.25) is 9.89 Å². The van der Waals surface area contributed by atoms with E-state index in [1.165, 1.54) is 19.3 Å². The van der Waals surface area contributed by atoms with Gasteiger partial charge in [-0.15, -0.1) is 0 Å². The molecule has 0 saturated heterocycles. The molecule has 0 saturated carbocycles. The van der Waals surface area contributed by atoms with Crippen molar-refractivity contribution in [2.24, 2.45) is 0 Å². The molecule has 3 N–H and O–H groups in total. The summed E-state index contributed by atoms with van der Waals surface area (Å²) >= 11 is 0. The van der Waals surface area contributed by atoms with Crippen LogP contribution in [0.1, 0.15) is 25.5 Å². The lowest BCUT2D eigenvalue weighted by molar-refractivity contribution is -0.114. The second-order valence-corrected chi connectivity index (χ2v) is 6.30. The summed E-state index contributed by atoms with van der Waals surface area (Å²) in [5.74, 6) is -0.182. The molecule has 0 spiro atoms. The molecule has 1 aromatic carbocycles. The lowest BCUT2D eigenvalue weighted by Gasteiger charge is -2.15. The largest absolute Gasteiger partial charge is 0.326 e. The molecule has 112 valence electrons. The van der Waals surface area contributed by atoms with Gasteiger partial charge in [0.2, 0.25) is 15.9 Å². The van der Waals surface area contributed by atoms with Crippen LogP contribution in [0.3, 0.4) is 0 Å². The van der Waals surface area contributed by atoms with Crippen molar-refractivity contribution in [3.63, 3.8) is 0 Å². The third-order valence-corrected chi connectivity index (χ3v) is 4.33. The monoisotopic (exact) mass is 308 g/mol. The molecule has 0 aliphatic heterocycles. The molecule has 0 aliphatic rings. The number of aromatic nitrogens is 2. The van der Waals surface area contributed by atoms with Gasteiger partial charge in [0.15, 0.2) is 0 Å². The molecule has 1 heterocycles. The minimum absolute atomic E-state index is 0.0763. The Balaban J connectivity index is 2.17. The van der Waals surface area contributed by atoms with Crippen molar-refractivity contribution in [1.82, 2.24) is 14.9 Å². The molecule has 21 heavy (non-hydrogen) atoms. The summed E-state index contributed by atoms with van der Waals surface area (Å²) in [5, 5.41) is 8.75. The third-order valence-electron chi connectivity index (χ3n) is 2.82. The van der Waals surface area contributed by atoms with Crippen LogP contribution in [0, 0.1) is 0 Å². The predicted octanol–water partition coefficient (Wildman–Crippen LogP) is 1.41. The maximum Gasteiger partial charge on any atom is 0.244 e. The lowest BCUT2D eigenvalue weighted by Crippen LogP contribution is -2.26. The van der Waals surface area contributed by atoms with Gasteiger partial charge in [0.25, 0.3) is 0 Å². The number of carbonyl (C=O) groups excluding carboxylic acids is 1. The zero-order valence-electron chi connectivity index (χ0n) is 11.6. The van der Waals surface area contributed by atoms with E-state index >= 15 is 0 Å². The fourth-order valence-electron chi connectivity index (χ4n) is 1.84. The summed E-state index contributed by atoms with van der Waals surface area (Å²) < 4.78 is 26.8. The van der Waals surface area contributed by atoms with Crippen molar-refractivity contribution in [3.8, 4) is 0 Å². The van der Waals surface area contributed by atoms with Crippen LogP contribution in [-0.2, 0) is 14.8 Å². The minimum Gasteiger partial charge on any atom is -0.326 e. The molecular formula is C13H16N4O3S. The Morgan fingerprint density at radius 2 is 2.14 bits per heavy atom. The Bertz CT molecular complexity index is 726. The van der Waals surface area contributed by atoms with Crippen molar-refractivity contribution < 1.29 is 13.2 Å². The average Bonchev–Trinajstić information content (AvgIpc) is 2.92. The molecule has 2 rings (SSSR count). The number of anilines is 1. The lowest BCUT2D eigenvalue weighted by atomic mass is 10.1. The SMILES string of the molecule is CC(=O)Nc1cccc(C(C)NS(=O)(=O)c2cn[nH]c2)c1. The number of rotatable bonds is 5. The van der Waals surface area contributed by atoms with Crippen molar-refractivity contribution >= 4 is 21.6 Å². The highest BCUT2D eigenvalue weighted by molar-refractivity contribution is 7.89. The van der Waals surface area contributed by atoms with Gasteiger partial charge in [-0.2, -0.15) is 5.10 Å². The zero-order valence-corrected chi connectivity index (χ0v) is 12.4. The second-order valence-electron chi connectivity index (χ2n) is 4.58. The highest BCUT2D eigenvalue weighted by Crippen LogP contribution is 2.19. The van der Waals surface area contributed by atoms with Crippen LogP contribution >= 0.6 is 0 Å².